The normalized spacial score (nSPS) is 12.0. The first-order valence-corrected chi connectivity index (χ1v) is 9.96. The first kappa shape index (κ1) is 26.8. The van der Waals surface area contributed by atoms with Crippen LogP contribution in [0.4, 0.5) is 0 Å². The molecule has 0 aliphatic heterocycles. The van der Waals surface area contributed by atoms with Crippen molar-refractivity contribution < 1.29 is 14.2 Å². The number of methoxy groups -OCH3 is 3. The number of nitrogens with one attached hydrogen (secondary N) is 2. The Hall–Kier alpha value is -2.20. The van der Waals surface area contributed by atoms with Gasteiger partial charge >= 0.3 is 0 Å². The van der Waals surface area contributed by atoms with Crippen molar-refractivity contribution >= 4 is 29.9 Å². The van der Waals surface area contributed by atoms with Gasteiger partial charge in [0.25, 0.3) is 0 Å². The van der Waals surface area contributed by atoms with Crippen molar-refractivity contribution in [2.75, 3.05) is 49.0 Å². The summed E-state index contributed by atoms with van der Waals surface area (Å²) in [6.07, 6.45) is 0.963. The molecule has 0 radical (unpaired) electrons. The zero-order valence-corrected chi connectivity index (χ0v) is 21.6. The van der Waals surface area contributed by atoms with E-state index in [0.717, 1.165) is 24.5 Å². The second-order valence-corrected chi connectivity index (χ2v) is 7.15. The van der Waals surface area contributed by atoms with E-state index in [4.69, 9.17) is 14.2 Å². The highest BCUT2D eigenvalue weighted by molar-refractivity contribution is 14.0. The standard InChI is InChI=1S/C23H34N4O3.HI/c1-24-23(26-16-19(27(2)3)12-17-10-8-7-9-11-17)25-15-18-13-20(28-4)22(30-6)21(14-18)29-5;/h7-11,13-14,19H,12,15-16H2,1-6H3,(H2,24,25,26);1H. The number of guanidine groups is 1. The highest BCUT2D eigenvalue weighted by Gasteiger charge is 2.15. The van der Waals surface area contributed by atoms with Gasteiger partial charge in [0.05, 0.1) is 21.3 Å². The van der Waals surface area contributed by atoms with Gasteiger partial charge in [-0.3, -0.25) is 4.99 Å². The minimum atomic E-state index is 0. The molecule has 0 saturated carbocycles. The number of hydrogen-bond donors (Lipinski definition) is 2. The number of hydrogen-bond acceptors (Lipinski definition) is 5. The summed E-state index contributed by atoms with van der Waals surface area (Å²) in [5.41, 5.74) is 2.32. The van der Waals surface area contributed by atoms with Crippen LogP contribution in [0, 0.1) is 0 Å². The largest absolute Gasteiger partial charge is 0.493 e. The minimum Gasteiger partial charge on any atom is -0.493 e. The summed E-state index contributed by atoms with van der Waals surface area (Å²) in [5.74, 6) is 2.59. The van der Waals surface area contributed by atoms with Crippen molar-refractivity contribution in [2.24, 2.45) is 4.99 Å². The molecule has 7 nitrogen and oxygen atoms in total. The number of benzene rings is 2. The molecule has 172 valence electrons. The number of ether oxygens (including phenoxy) is 3. The van der Waals surface area contributed by atoms with E-state index in [1.54, 1.807) is 28.4 Å². The topological polar surface area (TPSA) is 67.4 Å². The van der Waals surface area contributed by atoms with Crippen molar-refractivity contribution in [3.8, 4) is 17.2 Å². The minimum absolute atomic E-state index is 0. The number of likely N-dealkylation sites (N-methyl/N-ethyl adjacent to an activating group) is 1. The zero-order chi connectivity index (χ0) is 21.9. The highest BCUT2D eigenvalue weighted by atomic mass is 127. The third-order valence-electron chi connectivity index (χ3n) is 4.96. The van der Waals surface area contributed by atoms with E-state index in [1.165, 1.54) is 5.56 Å². The van der Waals surface area contributed by atoms with Crippen molar-refractivity contribution in [1.82, 2.24) is 15.5 Å². The van der Waals surface area contributed by atoms with Crippen LogP contribution in [0.25, 0.3) is 0 Å². The molecule has 2 aromatic carbocycles. The van der Waals surface area contributed by atoms with Gasteiger partial charge < -0.3 is 29.7 Å². The van der Waals surface area contributed by atoms with Crippen LogP contribution in [-0.4, -0.2) is 65.9 Å². The highest BCUT2D eigenvalue weighted by Crippen LogP contribution is 2.38. The quantitative estimate of drug-likeness (QED) is 0.273. The lowest BCUT2D eigenvalue weighted by atomic mass is 10.1. The Morgan fingerprint density at radius 3 is 2.03 bits per heavy atom. The van der Waals surface area contributed by atoms with Gasteiger partial charge in [-0.15, -0.1) is 24.0 Å². The molecule has 2 aromatic rings. The van der Waals surface area contributed by atoms with E-state index in [9.17, 15) is 0 Å². The van der Waals surface area contributed by atoms with Gasteiger partial charge in [0.1, 0.15) is 0 Å². The summed E-state index contributed by atoms with van der Waals surface area (Å²) >= 11 is 0. The van der Waals surface area contributed by atoms with Crippen LogP contribution < -0.4 is 24.8 Å². The molecule has 0 amide bonds. The summed E-state index contributed by atoms with van der Waals surface area (Å²) < 4.78 is 16.2. The monoisotopic (exact) mass is 542 g/mol. The molecular formula is C23H35IN4O3. The van der Waals surface area contributed by atoms with E-state index < -0.39 is 0 Å². The smallest absolute Gasteiger partial charge is 0.203 e. The first-order chi connectivity index (χ1) is 14.5. The first-order valence-electron chi connectivity index (χ1n) is 9.96. The van der Waals surface area contributed by atoms with Crippen LogP contribution in [0.5, 0.6) is 17.2 Å². The number of rotatable bonds is 10. The van der Waals surface area contributed by atoms with Gasteiger partial charge in [0, 0.05) is 26.2 Å². The van der Waals surface area contributed by atoms with Gasteiger partial charge in [-0.1, -0.05) is 30.3 Å². The van der Waals surface area contributed by atoms with E-state index in [-0.39, 0.29) is 24.0 Å². The summed E-state index contributed by atoms with van der Waals surface area (Å²) in [6, 6.07) is 14.7. The van der Waals surface area contributed by atoms with Gasteiger partial charge in [0.2, 0.25) is 5.75 Å². The SMILES string of the molecule is CN=C(NCc1cc(OC)c(OC)c(OC)c1)NCC(Cc1ccccc1)N(C)C.I. The van der Waals surface area contributed by atoms with E-state index in [2.05, 4.69) is 58.9 Å². The Bertz CT molecular complexity index is 791. The van der Waals surface area contributed by atoms with Crippen molar-refractivity contribution in [2.45, 2.75) is 19.0 Å². The van der Waals surface area contributed by atoms with Crippen LogP contribution in [0.1, 0.15) is 11.1 Å². The molecule has 0 aromatic heterocycles. The Kier molecular flexibility index (Phi) is 12.1. The molecule has 0 spiro atoms. The Balaban J connectivity index is 0.00000480. The van der Waals surface area contributed by atoms with E-state index in [1.807, 2.05) is 18.2 Å². The molecule has 2 N–H and O–H groups in total. The van der Waals surface area contributed by atoms with E-state index >= 15 is 0 Å². The third kappa shape index (κ3) is 8.10. The molecule has 8 heteroatoms. The van der Waals surface area contributed by atoms with Gasteiger partial charge in [-0.2, -0.15) is 0 Å². The maximum absolute atomic E-state index is 5.43. The second kappa shape index (κ2) is 14.0. The molecule has 2 rings (SSSR count). The molecule has 0 bridgehead atoms. The Labute approximate surface area is 203 Å². The van der Waals surface area contributed by atoms with Crippen LogP contribution in [0.3, 0.4) is 0 Å². The lowest BCUT2D eigenvalue weighted by Gasteiger charge is -2.26. The molecule has 0 aliphatic carbocycles. The third-order valence-corrected chi connectivity index (χ3v) is 4.96. The zero-order valence-electron chi connectivity index (χ0n) is 19.3. The van der Waals surface area contributed by atoms with Gasteiger partial charge in [0.15, 0.2) is 17.5 Å². The summed E-state index contributed by atoms with van der Waals surface area (Å²) in [5, 5.41) is 6.78. The average molecular weight is 542 g/mol. The average Bonchev–Trinajstić information content (AvgIpc) is 2.77. The molecule has 0 fully saturated rings. The van der Waals surface area contributed by atoms with E-state index in [0.29, 0.717) is 29.8 Å². The predicted octanol–water partition coefficient (Wildman–Crippen LogP) is 3.17. The van der Waals surface area contributed by atoms with Gasteiger partial charge in [-0.05, 0) is 43.8 Å². The summed E-state index contributed by atoms with van der Waals surface area (Å²) in [4.78, 5) is 6.58. The Morgan fingerprint density at radius 1 is 0.935 bits per heavy atom. The fourth-order valence-electron chi connectivity index (χ4n) is 3.18. The van der Waals surface area contributed by atoms with Crippen LogP contribution >= 0.6 is 24.0 Å². The van der Waals surface area contributed by atoms with Crippen LogP contribution in [0.15, 0.2) is 47.5 Å². The number of aliphatic imine (C=N–C) groups is 1. The van der Waals surface area contributed by atoms with Crippen molar-refractivity contribution in [3.05, 3.63) is 53.6 Å². The van der Waals surface area contributed by atoms with Crippen molar-refractivity contribution in [1.29, 1.82) is 0 Å². The van der Waals surface area contributed by atoms with Crippen molar-refractivity contribution in [3.63, 3.8) is 0 Å². The lowest BCUT2D eigenvalue weighted by molar-refractivity contribution is 0.290. The lowest BCUT2D eigenvalue weighted by Crippen LogP contribution is -2.45. The maximum Gasteiger partial charge on any atom is 0.203 e. The molecule has 31 heavy (non-hydrogen) atoms. The fraction of sp³-hybridized carbons (Fsp3) is 0.435. The molecular weight excluding hydrogens is 507 g/mol. The Morgan fingerprint density at radius 2 is 1.55 bits per heavy atom. The molecule has 0 heterocycles. The molecule has 0 aliphatic rings. The summed E-state index contributed by atoms with van der Waals surface area (Å²) in [7, 11) is 10.8. The number of nitrogens with zero attached hydrogens (tertiary/aromatic N) is 2. The number of halogens is 1. The van der Waals surface area contributed by atoms with Crippen LogP contribution in [0.2, 0.25) is 0 Å². The fourth-order valence-corrected chi connectivity index (χ4v) is 3.18. The maximum atomic E-state index is 5.43. The van der Waals surface area contributed by atoms with Crippen LogP contribution in [-0.2, 0) is 13.0 Å². The van der Waals surface area contributed by atoms with Gasteiger partial charge in [-0.25, -0.2) is 0 Å². The summed E-state index contributed by atoms with van der Waals surface area (Å²) in [6.45, 7) is 1.35. The molecule has 0 saturated heterocycles. The predicted molar refractivity (Wildman–Crippen MR) is 137 cm³/mol. The second-order valence-electron chi connectivity index (χ2n) is 7.15. The molecule has 1 unspecified atom stereocenters. The molecule has 1 atom stereocenters.